The van der Waals surface area contributed by atoms with Gasteiger partial charge in [-0.1, -0.05) is 43.5 Å². The van der Waals surface area contributed by atoms with Gasteiger partial charge in [-0.2, -0.15) is 0 Å². The number of nitrogens with zero attached hydrogens (tertiary/aromatic N) is 1. The average Bonchev–Trinajstić information content (AvgIpc) is 3.42. The number of likely N-dealkylation sites (N-methyl/N-ethyl adjacent to an activating group) is 1. The number of ketones is 1. The lowest BCUT2D eigenvalue weighted by molar-refractivity contribution is -0.139. The molecule has 208 valence electrons. The molecule has 0 spiro atoms. The van der Waals surface area contributed by atoms with E-state index in [2.05, 4.69) is 44.4 Å². The monoisotopic (exact) mass is 523 g/mol. The van der Waals surface area contributed by atoms with E-state index in [1.165, 1.54) is 17.5 Å². The maximum Gasteiger partial charge on any atom is 0.237 e. The second kappa shape index (κ2) is 12.3. The van der Waals surface area contributed by atoms with E-state index in [0.717, 1.165) is 64.3 Å². The number of Topliss-reactive ketones (excluding diaryl/α,β-unsaturated/α-hetero) is 1. The molecule has 1 aromatic rings. The van der Waals surface area contributed by atoms with Crippen molar-refractivity contribution in [2.75, 3.05) is 20.1 Å². The summed E-state index contributed by atoms with van der Waals surface area (Å²) < 4.78 is 0. The lowest BCUT2D eigenvalue weighted by Gasteiger charge is -2.43. The Hall–Kier alpha value is -2.29. The number of carbonyl (C=O) groups excluding carboxylic acids is 3. The van der Waals surface area contributed by atoms with Crippen LogP contribution in [-0.4, -0.2) is 66.9 Å². The zero-order valence-corrected chi connectivity index (χ0v) is 23.0. The zero-order valence-electron chi connectivity index (χ0n) is 23.0. The Kier molecular flexibility index (Phi) is 8.81. The van der Waals surface area contributed by atoms with Crippen molar-refractivity contribution in [1.29, 1.82) is 0 Å². The van der Waals surface area contributed by atoms with Crippen molar-refractivity contribution >= 4 is 17.6 Å². The molecule has 2 amide bonds. The Morgan fingerprint density at radius 1 is 1.00 bits per heavy atom. The molecule has 8 heteroatoms. The summed E-state index contributed by atoms with van der Waals surface area (Å²) in [6.07, 6.45) is 10.3. The van der Waals surface area contributed by atoms with Gasteiger partial charge < -0.3 is 16.0 Å². The van der Waals surface area contributed by atoms with Gasteiger partial charge in [0.25, 0.3) is 0 Å². The summed E-state index contributed by atoms with van der Waals surface area (Å²) >= 11 is 0. The van der Waals surface area contributed by atoms with E-state index in [4.69, 9.17) is 0 Å². The number of rotatable bonds is 8. The Balaban J connectivity index is 1.38. The SMILES string of the molecule is CN[C@@H](C)C(=O)N[C@H](C(=O)C1N[C@H]2CCCN2C[C@H]1C(=O)N[C@@H]1CCCc2ccccc21)C1CCCCC1. The van der Waals surface area contributed by atoms with Gasteiger partial charge in [0.05, 0.1) is 36.3 Å². The fourth-order valence-electron chi connectivity index (χ4n) is 7.10. The smallest absolute Gasteiger partial charge is 0.237 e. The Bertz CT molecular complexity index is 1010. The third-order valence-corrected chi connectivity index (χ3v) is 9.45. The molecule has 0 bridgehead atoms. The van der Waals surface area contributed by atoms with E-state index in [0.29, 0.717) is 6.54 Å². The third kappa shape index (κ3) is 5.82. The van der Waals surface area contributed by atoms with Gasteiger partial charge >= 0.3 is 0 Å². The van der Waals surface area contributed by atoms with Crippen LogP contribution in [0.2, 0.25) is 0 Å². The van der Waals surface area contributed by atoms with E-state index < -0.39 is 18.0 Å². The summed E-state index contributed by atoms with van der Waals surface area (Å²) in [6, 6.07) is 6.78. The van der Waals surface area contributed by atoms with Crippen LogP contribution in [0.1, 0.15) is 81.9 Å². The van der Waals surface area contributed by atoms with Crippen LogP contribution in [0, 0.1) is 11.8 Å². The third-order valence-electron chi connectivity index (χ3n) is 9.45. The molecule has 5 rings (SSSR count). The Morgan fingerprint density at radius 2 is 1.79 bits per heavy atom. The number of hydrogen-bond donors (Lipinski definition) is 4. The van der Waals surface area contributed by atoms with Gasteiger partial charge in [-0.3, -0.25) is 24.6 Å². The number of nitrogens with one attached hydrogen (secondary N) is 4. The summed E-state index contributed by atoms with van der Waals surface area (Å²) in [5.74, 6) is -0.615. The van der Waals surface area contributed by atoms with Crippen molar-refractivity contribution < 1.29 is 14.4 Å². The molecule has 0 aromatic heterocycles. The van der Waals surface area contributed by atoms with Crippen molar-refractivity contribution in [1.82, 2.24) is 26.2 Å². The molecule has 2 saturated heterocycles. The maximum atomic E-state index is 14.3. The fourth-order valence-corrected chi connectivity index (χ4v) is 7.10. The van der Waals surface area contributed by atoms with Crippen LogP contribution in [0.25, 0.3) is 0 Å². The highest BCUT2D eigenvalue weighted by molar-refractivity contribution is 5.97. The Morgan fingerprint density at radius 3 is 2.58 bits per heavy atom. The molecule has 2 aliphatic carbocycles. The lowest BCUT2D eigenvalue weighted by Crippen LogP contribution is -2.67. The number of benzene rings is 1. The Labute approximate surface area is 227 Å². The molecule has 6 atom stereocenters. The molecule has 2 aliphatic heterocycles. The zero-order chi connectivity index (χ0) is 26.6. The van der Waals surface area contributed by atoms with Crippen LogP contribution in [0.5, 0.6) is 0 Å². The van der Waals surface area contributed by atoms with Crippen molar-refractivity contribution in [2.45, 2.75) is 101 Å². The van der Waals surface area contributed by atoms with Crippen LogP contribution < -0.4 is 21.3 Å². The number of amides is 2. The van der Waals surface area contributed by atoms with Gasteiger partial charge in [-0.25, -0.2) is 0 Å². The van der Waals surface area contributed by atoms with Gasteiger partial charge in [0.1, 0.15) is 0 Å². The number of carbonyl (C=O) groups is 3. The predicted octanol–water partition coefficient (Wildman–Crippen LogP) is 2.43. The summed E-state index contributed by atoms with van der Waals surface area (Å²) in [5.41, 5.74) is 2.50. The van der Waals surface area contributed by atoms with Crippen molar-refractivity contribution in [3.63, 3.8) is 0 Å². The fraction of sp³-hybridized carbons (Fsp3) is 0.700. The molecule has 1 unspecified atom stereocenters. The lowest BCUT2D eigenvalue weighted by atomic mass is 9.78. The molecular formula is C30H45N5O3. The van der Waals surface area contributed by atoms with E-state index in [1.807, 2.05) is 13.0 Å². The van der Waals surface area contributed by atoms with Crippen molar-refractivity contribution in [3.8, 4) is 0 Å². The van der Waals surface area contributed by atoms with Gasteiger partial charge in [0.2, 0.25) is 11.8 Å². The topological polar surface area (TPSA) is 103 Å². The van der Waals surface area contributed by atoms with Crippen LogP contribution in [0.15, 0.2) is 24.3 Å². The molecule has 8 nitrogen and oxygen atoms in total. The summed E-state index contributed by atoms with van der Waals surface area (Å²) in [5, 5.41) is 13.0. The molecule has 3 fully saturated rings. The highest BCUT2D eigenvalue weighted by Gasteiger charge is 2.47. The molecular weight excluding hydrogens is 478 g/mol. The van der Waals surface area contributed by atoms with E-state index in [1.54, 1.807) is 7.05 Å². The maximum absolute atomic E-state index is 14.3. The second-order valence-electron chi connectivity index (χ2n) is 11.9. The quantitative estimate of drug-likeness (QED) is 0.418. The molecule has 1 aromatic carbocycles. The minimum Gasteiger partial charge on any atom is -0.349 e. The molecule has 1 saturated carbocycles. The molecule has 38 heavy (non-hydrogen) atoms. The molecule has 4 N–H and O–H groups in total. The second-order valence-corrected chi connectivity index (χ2v) is 11.9. The van der Waals surface area contributed by atoms with E-state index in [9.17, 15) is 14.4 Å². The first-order valence-corrected chi connectivity index (χ1v) is 14.9. The van der Waals surface area contributed by atoms with E-state index >= 15 is 0 Å². The normalized spacial score (nSPS) is 29.5. The van der Waals surface area contributed by atoms with E-state index in [-0.39, 0.29) is 41.8 Å². The molecule has 2 heterocycles. The highest BCUT2D eigenvalue weighted by Crippen LogP contribution is 2.33. The van der Waals surface area contributed by atoms with Gasteiger partial charge in [0, 0.05) is 6.54 Å². The van der Waals surface area contributed by atoms with Crippen molar-refractivity contribution in [2.24, 2.45) is 11.8 Å². The number of aryl methyl sites for hydroxylation is 1. The largest absolute Gasteiger partial charge is 0.349 e. The number of hydrogen-bond acceptors (Lipinski definition) is 6. The van der Waals surface area contributed by atoms with Gasteiger partial charge in [-0.05, 0) is 82.5 Å². The summed E-state index contributed by atoms with van der Waals surface area (Å²) in [7, 11) is 1.75. The first kappa shape index (κ1) is 27.3. The summed E-state index contributed by atoms with van der Waals surface area (Å²) in [4.78, 5) is 43.5. The molecule has 0 radical (unpaired) electrons. The van der Waals surface area contributed by atoms with Crippen LogP contribution in [0.3, 0.4) is 0 Å². The number of fused-ring (bicyclic) bond motifs is 2. The highest BCUT2D eigenvalue weighted by atomic mass is 16.2. The standard InChI is InChI=1S/C30H45N5O3/c1-19(31-2)29(37)34-26(21-11-4-3-5-12-21)28(36)27-23(18-35-17-9-16-25(35)33-27)30(38)32-24-15-8-13-20-10-6-7-14-22(20)24/h6-7,10,14,19,21,23-27,31,33H,3-5,8-9,11-13,15-18H2,1-2H3,(H,32,38)(H,34,37)/t19-,23+,24+,25+,26-,27?/m0/s1. The van der Waals surface area contributed by atoms with Gasteiger partial charge in [-0.15, -0.1) is 0 Å². The van der Waals surface area contributed by atoms with Crippen LogP contribution in [-0.2, 0) is 20.8 Å². The predicted molar refractivity (Wildman–Crippen MR) is 147 cm³/mol. The first-order valence-electron chi connectivity index (χ1n) is 14.9. The average molecular weight is 524 g/mol. The minimum absolute atomic E-state index is 0.0233. The van der Waals surface area contributed by atoms with Crippen LogP contribution in [0.4, 0.5) is 0 Å². The van der Waals surface area contributed by atoms with Crippen molar-refractivity contribution in [3.05, 3.63) is 35.4 Å². The summed E-state index contributed by atoms with van der Waals surface area (Å²) in [6.45, 7) is 3.33. The first-order chi connectivity index (χ1) is 18.5. The molecule has 4 aliphatic rings. The minimum atomic E-state index is -0.606. The van der Waals surface area contributed by atoms with Gasteiger partial charge in [0.15, 0.2) is 5.78 Å². The van der Waals surface area contributed by atoms with Crippen LogP contribution >= 0.6 is 0 Å².